The summed E-state index contributed by atoms with van der Waals surface area (Å²) in [5.74, 6) is 0.486. The van der Waals surface area contributed by atoms with Crippen molar-refractivity contribution in [1.29, 1.82) is 0 Å². The van der Waals surface area contributed by atoms with E-state index in [-0.39, 0.29) is 11.7 Å². The van der Waals surface area contributed by atoms with Crippen LogP contribution >= 0.6 is 23.1 Å². The fourth-order valence-corrected chi connectivity index (χ4v) is 5.85. The van der Waals surface area contributed by atoms with Gasteiger partial charge in [0.05, 0.1) is 4.91 Å². The maximum Gasteiger partial charge on any atom is 0.262 e. The van der Waals surface area contributed by atoms with Crippen molar-refractivity contribution in [3.8, 4) is 0 Å². The first kappa shape index (κ1) is 15.9. The lowest BCUT2D eigenvalue weighted by Gasteiger charge is -2.16. The molecule has 1 aliphatic heterocycles. The molecule has 5 heteroatoms. The first-order valence-electron chi connectivity index (χ1n) is 8.17. The molecule has 1 aliphatic carbocycles. The molecule has 0 saturated carbocycles. The molecule has 0 atom stereocenters. The van der Waals surface area contributed by atoms with Crippen molar-refractivity contribution < 1.29 is 9.18 Å². The molecule has 1 aromatic carbocycles. The molecule has 0 unspecified atom stereocenters. The molecule has 0 radical (unpaired) electrons. The number of thiophene rings is 1. The van der Waals surface area contributed by atoms with Crippen LogP contribution in [0.5, 0.6) is 0 Å². The van der Waals surface area contributed by atoms with E-state index in [4.69, 9.17) is 0 Å². The SMILES string of the molecule is Cc1cc(F)ccc1NC(=O)C1=Cc2sc3c(c2CS1)CCCC3. The number of halogens is 1. The highest BCUT2D eigenvalue weighted by atomic mass is 32.2. The molecule has 0 saturated heterocycles. The average molecular weight is 359 g/mol. The van der Waals surface area contributed by atoms with Gasteiger partial charge in [-0.1, -0.05) is 0 Å². The zero-order valence-corrected chi connectivity index (χ0v) is 15.1. The normalized spacial score (nSPS) is 16.2. The molecule has 0 fully saturated rings. The van der Waals surface area contributed by atoms with Crippen LogP contribution in [-0.4, -0.2) is 5.91 Å². The van der Waals surface area contributed by atoms with Gasteiger partial charge in [-0.3, -0.25) is 4.79 Å². The molecular weight excluding hydrogens is 341 g/mol. The smallest absolute Gasteiger partial charge is 0.262 e. The molecule has 124 valence electrons. The summed E-state index contributed by atoms with van der Waals surface area (Å²) in [6.07, 6.45) is 6.95. The van der Waals surface area contributed by atoms with Crippen molar-refractivity contribution >= 4 is 40.8 Å². The lowest BCUT2D eigenvalue weighted by Crippen LogP contribution is -2.15. The molecule has 0 bridgehead atoms. The van der Waals surface area contributed by atoms with Crippen LogP contribution in [-0.2, 0) is 23.4 Å². The highest BCUT2D eigenvalue weighted by Crippen LogP contribution is 2.42. The van der Waals surface area contributed by atoms with E-state index in [1.807, 2.05) is 17.4 Å². The maximum atomic E-state index is 13.2. The fourth-order valence-electron chi connectivity index (χ4n) is 3.32. The Morgan fingerprint density at radius 1 is 1.21 bits per heavy atom. The highest BCUT2D eigenvalue weighted by molar-refractivity contribution is 8.03. The summed E-state index contributed by atoms with van der Waals surface area (Å²) in [7, 11) is 0. The van der Waals surface area contributed by atoms with E-state index in [1.54, 1.807) is 30.3 Å². The predicted molar refractivity (Wildman–Crippen MR) is 100.0 cm³/mol. The summed E-state index contributed by atoms with van der Waals surface area (Å²) in [6.45, 7) is 1.80. The van der Waals surface area contributed by atoms with Gasteiger partial charge in [-0.25, -0.2) is 4.39 Å². The Balaban J connectivity index is 1.58. The third-order valence-electron chi connectivity index (χ3n) is 4.61. The summed E-state index contributed by atoms with van der Waals surface area (Å²) in [6, 6.07) is 4.42. The Bertz CT molecular complexity index is 853. The fraction of sp³-hybridized carbons (Fsp3) is 0.316. The largest absolute Gasteiger partial charge is 0.321 e. The average Bonchev–Trinajstić information content (AvgIpc) is 2.95. The number of anilines is 1. The first-order chi connectivity index (χ1) is 11.6. The van der Waals surface area contributed by atoms with Crippen molar-refractivity contribution in [2.24, 2.45) is 0 Å². The number of carbonyl (C=O) groups is 1. The molecule has 2 nitrogen and oxygen atoms in total. The standard InChI is InChI=1S/C19H18FNOS2/c1-11-8-12(20)6-7-15(11)21-19(22)18-9-17-14(10-23-18)13-4-2-3-5-16(13)24-17/h6-9H,2-5,10H2,1H3,(H,21,22). The van der Waals surface area contributed by atoms with Gasteiger partial charge in [0.15, 0.2) is 0 Å². The molecule has 24 heavy (non-hydrogen) atoms. The molecular formula is C19H18FNOS2. The van der Waals surface area contributed by atoms with Gasteiger partial charge in [0.1, 0.15) is 5.82 Å². The van der Waals surface area contributed by atoms with E-state index in [0.717, 1.165) is 16.2 Å². The van der Waals surface area contributed by atoms with E-state index in [1.165, 1.54) is 53.1 Å². The van der Waals surface area contributed by atoms with Crippen LogP contribution in [0.15, 0.2) is 23.1 Å². The molecule has 2 aliphatic rings. The Labute approximate surface area is 149 Å². The lowest BCUT2D eigenvalue weighted by atomic mass is 9.95. The quantitative estimate of drug-likeness (QED) is 0.788. The van der Waals surface area contributed by atoms with Gasteiger partial charge in [-0.2, -0.15) is 0 Å². The Morgan fingerprint density at radius 3 is 2.88 bits per heavy atom. The van der Waals surface area contributed by atoms with Gasteiger partial charge < -0.3 is 5.32 Å². The number of hydrogen-bond acceptors (Lipinski definition) is 3. The van der Waals surface area contributed by atoms with Gasteiger partial charge in [0, 0.05) is 21.2 Å². The van der Waals surface area contributed by atoms with Gasteiger partial charge in [-0.15, -0.1) is 23.1 Å². The van der Waals surface area contributed by atoms with E-state index >= 15 is 0 Å². The number of hydrogen-bond donors (Lipinski definition) is 1. The number of amides is 1. The molecule has 2 heterocycles. The van der Waals surface area contributed by atoms with E-state index in [2.05, 4.69) is 5.32 Å². The molecule has 1 aromatic heterocycles. The zero-order valence-electron chi connectivity index (χ0n) is 13.4. The number of nitrogens with one attached hydrogen (secondary N) is 1. The summed E-state index contributed by atoms with van der Waals surface area (Å²) in [5, 5.41) is 2.91. The van der Waals surface area contributed by atoms with Gasteiger partial charge in [0.25, 0.3) is 5.91 Å². The van der Waals surface area contributed by atoms with Crippen molar-refractivity contribution in [1.82, 2.24) is 0 Å². The summed E-state index contributed by atoms with van der Waals surface area (Å²) >= 11 is 3.45. The Morgan fingerprint density at radius 2 is 2.04 bits per heavy atom. The van der Waals surface area contributed by atoms with Gasteiger partial charge in [0.2, 0.25) is 0 Å². The van der Waals surface area contributed by atoms with Crippen LogP contribution in [0.2, 0.25) is 0 Å². The minimum absolute atomic E-state index is 0.105. The molecule has 0 spiro atoms. The molecule has 1 N–H and O–H groups in total. The van der Waals surface area contributed by atoms with Gasteiger partial charge >= 0.3 is 0 Å². The maximum absolute atomic E-state index is 13.2. The molecule has 4 rings (SSSR count). The van der Waals surface area contributed by atoms with Gasteiger partial charge in [-0.05, 0) is 73.6 Å². The molecule has 1 amide bonds. The van der Waals surface area contributed by atoms with Crippen LogP contribution in [0.1, 0.15) is 39.3 Å². The minimum atomic E-state index is -0.287. The second-order valence-electron chi connectivity index (χ2n) is 6.26. The van der Waals surface area contributed by atoms with Crippen LogP contribution in [0.3, 0.4) is 0 Å². The number of fused-ring (bicyclic) bond motifs is 3. The lowest BCUT2D eigenvalue weighted by molar-refractivity contribution is -0.112. The van der Waals surface area contributed by atoms with Crippen LogP contribution in [0, 0.1) is 12.7 Å². The van der Waals surface area contributed by atoms with Crippen molar-refractivity contribution in [3.63, 3.8) is 0 Å². The summed E-state index contributed by atoms with van der Waals surface area (Å²) < 4.78 is 13.2. The third kappa shape index (κ3) is 2.91. The second-order valence-corrected chi connectivity index (χ2v) is 8.42. The summed E-state index contributed by atoms with van der Waals surface area (Å²) in [4.78, 5) is 16.1. The number of rotatable bonds is 2. The number of carbonyl (C=O) groups excluding carboxylic acids is 1. The summed E-state index contributed by atoms with van der Waals surface area (Å²) in [5.41, 5.74) is 4.38. The number of aryl methyl sites for hydroxylation is 2. The van der Waals surface area contributed by atoms with Crippen molar-refractivity contribution in [2.75, 3.05) is 5.32 Å². The first-order valence-corrected chi connectivity index (χ1v) is 9.97. The second kappa shape index (κ2) is 6.37. The molecule has 2 aromatic rings. The predicted octanol–water partition coefficient (Wildman–Crippen LogP) is 5.30. The topological polar surface area (TPSA) is 29.1 Å². The van der Waals surface area contributed by atoms with Crippen molar-refractivity contribution in [3.05, 3.63) is 55.4 Å². The highest BCUT2D eigenvalue weighted by Gasteiger charge is 2.25. The van der Waals surface area contributed by atoms with Crippen LogP contribution in [0.4, 0.5) is 10.1 Å². The Kier molecular flexibility index (Phi) is 4.22. The third-order valence-corrected chi connectivity index (χ3v) is 6.94. The van der Waals surface area contributed by atoms with E-state index in [0.29, 0.717) is 5.69 Å². The monoisotopic (exact) mass is 359 g/mol. The van der Waals surface area contributed by atoms with E-state index < -0.39 is 0 Å². The number of thioether (sulfide) groups is 1. The van der Waals surface area contributed by atoms with Crippen LogP contribution < -0.4 is 5.32 Å². The Hall–Kier alpha value is -1.59. The number of benzene rings is 1. The minimum Gasteiger partial charge on any atom is -0.321 e. The van der Waals surface area contributed by atoms with E-state index in [9.17, 15) is 9.18 Å². The zero-order chi connectivity index (χ0) is 16.7. The van der Waals surface area contributed by atoms with Crippen molar-refractivity contribution in [2.45, 2.75) is 38.4 Å². The van der Waals surface area contributed by atoms with Crippen LogP contribution in [0.25, 0.3) is 6.08 Å².